The van der Waals surface area contributed by atoms with E-state index in [0.29, 0.717) is 34.4 Å². The third-order valence-electron chi connectivity index (χ3n) is 5.52. The Balaban J connectivity index is 1.88. The van der Waals surface area contributed by atoms with Crippen molar-refractivity contribution in [2.24, 2.45) is 5.73 Å². The van der Waals surface area contributed by atoms with Crippen molar-refractivity contribution in [3.63, 3.8) is 0 Å². The van der Waals surface area contributed by atoms with Gasteiger partial charge in [-0.2, -0.15) is 5.26 Å². The van der Waals surface area contributed by atoms with Crippen molar-refractivity contribution in [1.82, 2.24) is 0 Å². The molecule has 0 saturated heterocycles. The molecule has 3 N–H and O–H groups in total. The number of ether oxygens (including phenoxy) is 4. The number of carbonyl (C=O) groups is 2. The van der Waals surface area contributed by atoms with Crippen LogP contribution in [0, 0.1) is 18.3 Å². The summed E-state index contributed by atoms with van der Waals surface area (Å²) < 4.78 is 22.1. The fourth-order valence-electron chi connectivity index (χ4n) is 3.79. The molecule has 0 aromatic heterocycles. The molecule has 1 aliphatic heterocycles. The number of aryl methyl sites for hydroxylation is 1. The largest absolute Gasteiger partial charge is 0.490 e. The van der Waals surface area contributed by atoms with Crippen molar-refractivity contribution in [2.45, 2.75) is 33.6 Å². The molecule has 0 aliphatic carbocycles. The smallest absolute Gasteiger partial charge is 0.338 e. The molecule has 0 saturated carbocycles. The third-order valence-corrected chi connectivity index (χ3v) is 5.92. The van der Waals surface area contributed by atoms with Crippen LogP contribution in [0.1, 0.15) is 37.8 Å². The fourth-order valence-corrected chi connectivity index (χ4v) is 3.97. The lowest BCUT2D eigenvalue weighted by Gasteiger charge is -2.27. The van der Waals surface area contributed by atoms with Crippen LogP contribution in [-0.2, 0) is 19.1 Å². The van der Waals surface area contributed by atoms with Crippen LogP contribution in [0.3, 0.4) is 0 Å². The number of allylic oxidation sites excluding steroid dienone is 2. The van der Waals surface area contributed by atoms with E-state index in [-0.39, 0.29) is 41.9 Å². The number of halogens is 1. The molecule has 1 heterocycles. The number of nitrogens with zero attached hydrogens (tertiary/aromatic N) is 1. The minimum Gasteiger partial charge on any atom is -0.490 e. The Morgan fingerprint density at radius 3 is 2.51 bits per heavy atom. The van der Waals surface area contributed by atoms with E-state index >= 15 is 0 Å². The maximum Gasteiger partial charge on any atom is 0.338 e. The van der Waals surface area contributed by atoms with Gasteiger partial charge in [0.25, 0.3) is 5.91 Å². The topological polar surface area (TPSA) is 133 Å². The second kappa shape index (κ2) is 12.2. The van der Waals surface area contributed by atoms with E-state index in [4.69, 9.17) is 36.3 Å². The molecule has 1 atom stereocenters. The first-order valence-electron chi connectivity index (χ1n) is 11.6. The zero-order valence-electron chi connectivity index (χ0n) is 21.0. The van der Waals surface area contributed by atoms with Crippen LogP contribution in [-0.4, -0.2) is 31.7 Å². The van der Waals surface area contributed by atoms with E-state index in [1.54, 1.807) is 57.2 Å². The molecule has 37 heavy (non-hydrogen) atoms. The molecule has 1 aliphatic rings. The zero-order chi connectivity index (χ0) is 27.1. The van der Waals surface area contributed by atoms with Gasteiger partial charge < -0.3 is 30.0 Å². The standard InChI is InChI=1S/C27H28ClN3O6/c1-5-34-22-11-17(25-19(13-29)26(30)37-16(4)24(25)27(33)35-6-2)8-10-21(22)36-14-23(32)31-18-9-7-15(3)20(28)12-18/h7-12,25H,5-6,14,30H2,1-4H3,(H,31,32). The highest BCUT2D eigenvalue weighted by Gasteiger charge is 2.36. The molecule has 194 valence electrons. The maximum absolute atomic E-state index is 12.8. The summed E-state index contributed by atoms with van der Waals surface area (Å²) in [5.41, 5.74) is 8.20. The predicted octanol–water partition coefficient (Wildman–Crippen LogP) is 4.71. The Hall–Kier alpha value is -4.16. The van der Waals surface area contributed by atoms with E-state index in [9.17, 15) is 14.9 Å². The Morgan fingerprint density at radius 2 is 1.86 bits per heavy atom. The molecule has 10 heteroatoms. The molecule has 9 nitrogen and oxygen atoms in total. The van der Waals surface area contributed by atoms with Gasteiger partial charge in [0.15, 0.2) is 18.1 Å². The summed E-state index contributed by atoms with van der Waals surface area (Å²) in [6.07, 6.45) is 0. The van der Waals surface area contributed by atoms with Gasteiger partial charge in [0.2, 0.25) is 5.88 Å². The fraction of sp³-hybridized carbons (Fsp3) is 0.296. The molecular formula is C27H28ClN3O6. The lowest BCUT2D eigenvalue weighted by Crippen LogP contribution is -2.25. The molecule has 2 aromatic rings. The van der Waals surface area contributed by atoms with Crippen molar-refractivity contribution in [3.05, 3.63) is 75.3 Å². The van der Waals surface area contributed by atoms with Gasteiger partial charge in [-0.3, -0.25) is 4.79 Å². The zero-order valence-corrected chi connectivity index (χ0v) is 21.8. The van der Waals surface area contributed by atoms with Crippen molar-refractivity contribution < 1.29 is 28.5 Å². The normalized spacial score (nSPS) is 15.0. The van der Waals surface area contributed by atoms with Crippen LogP contribution in [0.2, 0.25) is 5.02 Å². The summed E-state index contributed by atoms with van der Waals surface area (Å²) in [7, 11) is 0. The van der Waals surface area contributed by atoms with Crippen molar-refractivity contribution in [2.75, 3.05) is 25.1 Å². The average Bonchev–Trinajstić information content (AvgIpc) is 2.85. The molecule has 0 spiro atoms. The van der Waals surface area contributed by atoms with E-state index in [1.165, 1.54) is 0 Å². The number of nitrogens with two attached hydrogens (primary N) is 1. The maximum atomic E-state index is 12.8. The molecule has 3 rings (SSSR count). The van der Waals surface area contributed by atoms with Gasteiger partial charge in [-0.05, 0) is 63.1 Å². The van der Waals surface area contributed by atoms with Gasteiger partial charge in [0, 0.05) is 10.7 Å². The van der Waals surface area contributed by atoms with Crippen LogP contribution < -0.4 is 20.5 Å². The summed E-state index contributed by atoms with van der Waals surface area (Å²) in [5.74, 6) is -1.05. The molecule has 1 amide bonds. The summed E-state index contributed by atoms with van der Waals surface area (Å²) in [6.45, 7) is 7.11. The number of nitrogens with one attached hydrogen (secondary N) is 1. The Labute approximate surface area is 220 Å². The number of carbonyl (C=O) groups excluding carboxylic acids is 2. The first-order valence-corrected chi connectivity index (χ1v) is 12.0. The summed E-state index contributed by atoms with van der Waals surface area (Å²) in [6, 6.07) is 12.2. The number of anilines is 1. The number of amides is 1. The van der Waals surface area contributed by atoms with Crippen LogP contribution in [0.15, 0.2) is 59.2 Å². The van der Waals surface area contributed by atoms with E-state index < -0.39 is 11.9 Å². The summed E-state index contributed by atoms with van der Waals surface area (Å²) in [4.78, 5) is 25.2. The SMILES string of the molecule is CCOC(=O)C1=C(C)OC(N)=C(C#N)C1c1ccc(OCC(=O)Nc2ccc(C)c(Cl)c2)c(OCC)c1. The number of hydrogen-bond acceptors (Lipinski definition) is 8. The van der Waals surface area contributed by atoms with E-state index in [0.717, 1.165) is 5.56 Å². The Morgan fingerprint density at radius 1 is 1.11 bits per heavy atom. The molecule has 0 fully saturated rings. The Bertz CT molecular complexity index is 1310. The summed E-state index contributed by atoms with van der Waals surface area (Å²) in [5, 5.41) is 13.1. The minimum absolute atomic E-state index is 0.0703. The van der Waals surface area contributed by atoms with Gasteiger partial charge in [-0.25, -0.2) is 4.79 Å². The van der Waals surface area contributed by atoms with Gasteiger partial charge in [0.05, 0.1) is 24.7 Å². The highest BCUT2D eigenvalue weighted by Crippen LogP contribution is 2.42. The van der Waals surface area contributed by atoms with Crippen molar-refractivity contribution >= 4 is 29.2 Å². The second-order valence-electron chi connectivity index (χ2n) is 8.06. The highest BCUT2D eigenvalue weighted by molar-refractivity contribution is 6.31. The van der Waals surface area contributed by atoms with Crippen molar-refractivity contribution in [1.29, 1.82) is 5.26 Å². The minimum atomic E-state index is -0.833. The quantitative estimate of drug-likeness (QED) is 0.450. The average molecular weight is 526 g/mol. The number of esters is 1. The number of hydrogen-bond donors (Lipinski definition) is 2. The number of benzene rings is 2. The molecule has 1 unspecified atom stereocenters. The van der Waals surface area contributed by atoms with Gasteiger partial charge >= 0.3 is 5.97 Å². The first-order chi connectivity index (χ1) is 17.7. The van der Waals surface area contributed by atoms with Gasteiger partial charge in [-0.15, -0.1) is 0 Å². The lowest BCUT2D eigenvalue weighted by atomic mass is 9.83. The number of rotatable bonds is 9. The molecule has 0 radical (unpaired) electrons. The first kappa shape index (κ1) is 27.4. The summed E-state index contributed by atoms with van der Waals surface area (Å²) >= 11 is 6.12. The predicted molar refractivity (Wildman–Crippen MR) is 138 cm³/mol. The van der Waals surface area contributed by atoms with Crippen LogP contribution >= 0.6 is 11.6 Å². The van der Waals surface area contributed by atoms with Crippen LogP contribution in [0.5, 0.6) is 11.5 Å². The van der Waals surface area contributed by atoms with E-state index in [1.807, 2.05) is 13.0 Å². The number of nitriles is 1. The molecule has 0 bridgehead atoms. The van der Waals surface area contributed by atoms with Crippen LogP contribution in [0.25, 0.3) is 0 Å². The Kier molecular flexibility index (Phi) is 9.04. The lowest BCUT2D eigenvalue weighted by molar-refractivity contribution is -0.139. The van der Waals surface area contributed by atoms with Gasteiger partial charge in [0.1, 0.15) is 17.4 Å². The van der Waals surface area contributed by atoms with E-state index in [2.05, 4.69) is 5.32 Å². The molecular weight excluding hydrogens is 498 g/mol. The monoisotopic (exact) mass is 525 g/mol. The van der Waals surface area contributed by atoms with Crippen molar-refractivity contribution in [3.8, 4) is 17.6 Å². The third kappa shape index (κ3) is 6.35. The van der Waals surface area contributed by atoms with Gasteiger partial charge in [-0.1, -0.05) is 23.7 Å². The van der Waals surface area contributed by atoms with Crippen LogP contribution in [0.4, 0.5) is 5.69 Å². The second-order valence-corrected chi connectivity index (χ2v) is 8.46. The highest BCUT2D eigenvalue weighted by atomic mass is 35.5. The molecule has 2 aromatic carbocycles.